The summed E-state index contributed by atoms with van der Waals surface area (Å²) in [4.78, 5) is 15.7. The fourth-order valence-corrected chi connectivity index (χ4v) is 2.16. The lowest BCUT2D eigenvalue weighted by molar-refractivity contribution is 0.0950. The van der Waals surface area contributed by atoms with E-state index >= 15 is 0 Å². The molecule has 0 atom stereocenters. The highest BCUT2D eigenvalue weighted by molar-refractivity contribution is 7.10. The van der Waals surface area contributed by atoms with Gasteiger partial charge in [0.05, 0.1) is 5.01 Å². The van der Waals surface area contributed by atoms with Gasteiger partial charge < -0.3 is 11.1 Å². The molecule has 1 aliphatic carbocycles. The number of nitrogens with zero attached hydrogens (tertiary/aromatic N) is 1. The number of hydrogen-bond acceptors (Lipinski definition) is 4. The zero-order valence-corrected chi connectivity index (χ0v) is 8.64. The lowest BCUT2D eigenvalue weighted by atomic mass is 10.4. The van der Waals surface area contributed by atoms with Crippen molar-refractivity contribution in [3.8, 4) is 0 Å². The van der Waals surface area contributed by atoms with Crippen LogP contribution in [0.25, 0.3) is 0 Å². The van der Waals surface area contributed by atoms with E-state index in [1.54, 1.807) is 11.3 Å². The van der Waals surface area contributed by atoms with Crippen LogP contribution in [-0.2, 0) is 0 Å². The van der Waals surface area contributed by atoms with Crippen molar-refractivity contribution >= 4 is 17.2 Å². The molecule has 1 aliphatic rings. The van der Waals surface area contributed by atoms with E-state index < -0.39 is 0 Å². The number of nitrogens with two attached hydrogens (primary N) is 1. The van der Waals surface area contributed by atoms with Crippen LogP contribution in [0.4, 0.5) is 0 Å². The van der Waals surface area contributed by atoms with Crippen molar-refractivity contribution in [3.05, 3.63) is 16.1 Å². The van der Waals surface area contributed by atoms with Crippen LogP contribution in [0.15, 0.2) is 5.38 Å². The van der Waals surface area contributed by atoms with Crippen molar-refractivity contribution in [2.75, 3.05) is 13.1 Å². The molecule has 76 valence electrons. The van der Waals surface area contributed by atoms with Crippen molar-refractivity contribution in [1.82, 2.24) is 10.3 Å². The number of carbonyl (C=O) groups excluding carboxylic acids is 1. The number of amides is 1. The van der Waals surface area contributed by atoms with Gasteiger partial charge in [0.1, 0.15) is 5.69 Å². The monoisotopic (exact) mass is 211 g/mol. The van der Waals surface area contributed by atoms with Crippen LogP contribution < -0.4 is 11.1 Å². The first-order chi connectivity index (χ1) is 6.81. The lowest BCUT2D eigenvalue weighted by Gasteiger charge is -1.98. The van der Waals surface area contributed by atoms with Gasteiger partial charge in [0.15, 0.2) is 0 Å². The topological polar surface area (TPSA) is 68.0 Å². The van der Waals surface area contributed by atoms with Gasteiger partial charge in [0.2, 0.25) is 0 Å². The fraction of sp³-hybridized carbons (Fsp3) is 0.556. The molecule has 0 radical (unpaired) electrons. The summed E-state index contributed by atoms with van der Waals surface area (Å²) >= 11 is 1.58. The minimum absolute atomic E-state index is 0.112. The van der Waals surface area contributed by atoms with Gasteiger partial charge in [-0.15, -0.1) is 11.3 Å². The van der Waals surface area contributed by atoms with E-state index in [4.69, 9.17) is 5.73 Å². The fourth-order valence-electron chi connectivity index (χ4n) is 1.19. The first kappa shape index (κ1) is 9.61. The van der Waals surface area contributed by atoms with Crippen LogP contribution in [0, 0.1) is 0 Å². The number of thiazole rings is 1. The van der Waals surface area contributed by atoms with Crippen molar-refractivity contribution in [2.45, 2.75) is 18.8 Å². The molecule has 1 aromatic rings. The Bertz CT molecular complexity index is 333. The molecule has 4 nitrogen and oxygen atoms in total. The average Bonchev–Trinajstić information content (AvgIpc) is 2.93. The Balaban J connectivity index is 1.97. The Kier molecular flexibility index (Phi) is 2.79. The van der Waals surface area contributed by atoms with Gasteiger partial charge in [-0.05, 0) is 12.8 Å². The second kappa shape index (κ2) is 4.06. The molecule has 1 amide bonds. The number of carbonyl (C=O) groups is 1. The van der Waals surface area contributed by atoms with Crippen LogP contribution in [0.1, 0.15) is 34.3 Å². The zero-order valence-electron chi connectivity index (χ0n) is 7.82. The zero-order chi connectivity index (χ0) is 9.97. The van der Waals surface area contributed by atoms with Crippen LogP contribution in [-0.4, -0.2) is 24.0 Å². The van der Waals surface area contributed by atoms with Crippen LogP contribution in [0.5, 0.6) is 0 Å². The minimum atomic E-state index is -0.112. The third-order valence-electron chi connectivity index (χ3n) is 2.11. The number of rotatable bonds is 4. The summed E-state index contributed by atoms with van der Waals surface area (Å²) in [6.45, 7) is 0.973. The van der Waals surface area contributed by atoms with Crippen molar-refractivity contribution in [3.63, 3.8) is 0 Å². The SMILES string of the molecule is NCCNC(=O)c1csc(C2CC2)n1. The number of aromatic nitrogens is 1. The summed E-state index contributed by atoms with van der Waals surface area (Å²) in [5.41, 5.74) is 5.82. The maximum absolute atomic E-state index is 11.4. The van der Waals surface area contributed by atoms with Crippen molar-refractivity contribution in [2.24, 2.45) is 5.73 Å². The molecular weight excluding hydrogens is 198 g/mol. The highest BCUT2D eigenvalue weighted by Crippen LogP contribution is 2.41. The molecule has 1 saturated carbocycles. The number of hydrogen-bond donors (Lipinski definition) is 2. The van der Waals surface area contributed by atoms with Gasteiger partial charge >= 0.3 is 0 Å². The first-order valence-electron chi connectivity index (χ1n) is 4.75. The van der Waals surface area contributed by atoms with E-state index in [0.717, 1.165) is 5.01 Å². The Hall–Kier alpha value is -0.940. The summed E-state index contributed by atoms with van der Waals surface area (Å²) in [5, 5.41) is 5.62. The Morgan fingerprint density at radius 1 is 1.71 bits per heavy atom. The van der Waals surface area contributed by atoms with Gasteiger partial charge in [-0.25, -0.2) is 4.98 Å². The molecular formula is C9H13N3OS. The second-order valence-corrected chi connectivity index (χ2v) is 4.28. The molecule has 0 unspecified atom stereocenters. The summed E-state index contributed by atoms with van der Waals surface area (Å²) in [7, 11) is 0. The molecule has 1 heterocycles. The van der Waals surface area contributed by atoms with Crippen LogP contribution in [0.3, 0.4) is 0 Å². The molecule has 0 aliphatic heterocycles. The standard InChI is InChI=1S/C9H13N3OS/c10-3-4-11-8(13)7-5-14-9(12-7)6-1-2-6/h5-6H,1-4,10H2,(H,11,13). The van der Waals surface area contributed by atoms with E-state index in [2.05, 4.69) is 10.3 Å². The largest absolute Gasteiger partial charge is 0.349 e. The quantitative estimate of drug-likeness (QED) is 0.770. The smallest absolute Gasteiger partial charge is 0.270 e. The van der Waals surface area contributed by atoms with Crippen molar-refractivity contribution in [1.29, 1.82) is 0 Å². The molecule has 2 rings (SSSR count). The van der Waals surface area contributed by atoms with E-state index in [0.29, 0.717) is 24.7 Å². The molecule has 0 bridgehead atoms. The number of nitrogens with one attached hydrogen (secondary N) is 1. The maximum Gasteiger partial charge on any atom is 0.270 e. The lowest BCUT2D eigenvalue weighted by Crippen LogP contribution is -2.29. The molecule has 3 N–H and O–H groups in total. The first-order valence-corrected chi connectivity index (χ1v) is 5.63. The summed E-state index contributed by atoms with van der Waals surface area (Å²) in [6, 6.07) is 0. The van der Waals surface area contributed by atoms with Crippen LogP contribution >= 0.6 is 11.3 Å². The van der Waals surface area contributed by atoms with E-state index in [1.165, 1.54) is 12.8 Å². The van der Waals surface area contributed by atoms with E-state index in [9.17, 15) is 4.79 Å². The Labute approximate surface area is 86.5 Å². The third-order valence-corrected chi connectivity index (χ3v) is 3.12. The minimum Gasteiger partial charge on any atom is -0.349 e. The maximum atomic E-state index is 11.4. The second-order valence-electron chi connectivity index (χ2n) is 3.39. The third kappa shape index (κ3) is 2.10. The van der Waals surface area contributed by atoms with Gasteiger partial charge in [-0.1, -0.05) is 0 Å². The molecule has 14 heavy (non-hydrogen) atoms. The van der Waals surface area contributed by atoms with Crippen LogP contribution in [0.2, 0.25) is 0 Å². The predicted molar refractivity (Wildman–Crippen MR) is 55.5 cm³/mol. The molecule has 1 aromatic heterocycles. The van der Waals surface area contributed by atoms with E-state index in [1.807, 2.05) is 5.38 Å². The molecule has 0 spiro atoms. The predicted octanol–water partition coefficient (Wildman–Crippen LogP) is 0.709. The summed E-state index contributed by atoms with van der Waals surface area (Å²) < 4.78 is 0. The van der Waals surface area contributed by atoms with Gasteiger partial charge in [-0.3, -0.25) is 4.79 Å². The van der Waals surface area contributed by atoms with Crippen molar-refractivity contribution < 1.29 is 4.79 Å². The Morgan fingerprint density at radius 2 is 2.50 bits per heavy atom. The Morgan fingerprint density at radius 3 is 3.14 bits per heavy atom. The van der Waals surface area contributed by atoms with E-state index in [-0.39, 0.29) is 5.91 Å². The highest BCUT2D eigenvalue weighted by Gasteiger charge is 2.27. The average molecular weight is 211 g/mol. The summed E-state index contributed by atoms with van der Waals surface area (Å²) in [6.07, 6.45) is 2.44. The van der Waals surface area contributed by atoms with Gasteiger partial charge in [0, 0.05) is 24.4 Å². The molecule has 5 heteroatoms. The molecule has 1 fully saturated rings. The molecule has 0 aromatic carbocycles. The highest BCUT2D eigenvalue weighted by atomic mass is 32.1. The molecule has 0 saturated heterocycles. The van der Waals surface area contributed by atoms with Gasteiger partial charge in [0.25, 0.3) is 5.91 Å². The summed E-state index contributed by atoms with van der Waals surface area (Å²) in [5.74, 6) is 0.509. The normalized spacial score (nSPS) is 15.5. The van der Waals surface area contributed by atoms with Gasteiger partial charge in [-0.2, -0.15) is 0 Å².